The van der Waals surface area contributed by atoms with Crippen LogP contribution in [0.1, 0.15) is 38.6 Å². The molecule has 1 aromatic carbocycles. The number of aromatic nitrogens is 2. The molecule has 2 aromatic heterocycles. The van der Waals surface area contributed by atoms with E-state index in [1.807, 2.05) is 24.3 Å². The van der Waals surface area contributed by atoms with Crippen molar-refractivity contribution in [3.05, 3.63) is 96.1 Å². The highest BCUT2D eigenvalue weighted by atomic mass is 16.1. The van der Waals surface area contributed by atoms with Crippen LogP contribution in [0, 0.1) is 0 Å². The van der Waals surface area contributed by atoms with Crippen LogP contribution in [0.2, 0.25) is 0 Å². The number of hydrogen-bond acceptors (Lipinski definition) is 4. The Bertz CT molecular complexity index is 818. The molecule has 3 aromatic rings. The minimum atomic E-state index is -0.561. The second kappa shape index (κ2) is 7.42. The first-order valence-electron chi connectivity index (χ1n) is 7.68. The summed E-state index contributed by atoms with van der Waals surface area (Å²) < 4.78 is 0. The zero-order chi connectivity index (χ0) is 16.8. The Kier molecular flexibility index (Phi) is 4.87. The zero-order valence-corrected chi connectivity index (χ0v) is 13.0. The van der Waals surface area contributed by atoms with Gasteiger partial charge in [0.1, 0.15) is 0 Å². The molecule has 0 spiro atoms. The maximum Gasteiger partial charge on any atom is 0.170 e. The number of ketones is 2. The average molecular weight is 316 g/mol. The lowest BCUT2D eigenvalue weighted by molar-refractivity contribution is 0.0893. The summed E-state index contributed by atoms with van der Waals surface area (Å²) in [4.78, 5) is 33.5. The van der Waals surface area contributed by atoms with Gasteiger partial charge in [0.15, 0.2) is 11.6 Å². The summed E-state index contributed by atoms with van der Waals surface area (Å²) >= 11 is 0. The van der Waals surface area contributed by atoms with Crippen molar-refractivity contribution in [1.29, 1.82) is 0 Å². The first-order chi connectivity index (χ1) is 11.8. The van der Waals surface area contributed by atoms with Gasteiger partial charge >= 0.3 is 0 Å². The molecular weight excluding hydrogens is 300 g/mol. The van der Waals surface area contributed by atoms with Crippen LogP contribution in [0.4, 0.5) is 0 Å². The Labute approximate surface area is 140 Å². The SMILES string of the molecule is O=C(CC(C(=O)c1ccccc1)c1cccnc1)c1cccnc1. The molecule has 1 unspecified atom stereocenters. The van der Waals surface area contributed by atoms with E-state index in [0.29, 0.717) is 11.1 Å². The second-order valence-electron chi connectivity index (χ2n) is 5.44. The highest BCUT2D eigenvalue weighted by Gasteiger charge is 2.25. The van der Waals surface area contributed by atoms with Crippen LogP contribution in [-0.4, -0.2) is 21.5 Å². The van der Waals surface area contributed by atoms with Crippen LogP contribution < -0.4 is 0 Å². The van der Waals surface area contributed by atoms with E-state index >= 15 is 0 Å². The largest absolute Gasteiger partial charge is 0.294 e. The number of nitrogens with zero attached hydrogens (tertiary/aromatic N) is 2. The predicted molar refractivity (Wildman–Crippen MR) is 90.9 cm³/mol. The normalized spacial score (nSPS) is 11.7. The van der Waals surface area contributed by atoms with Gasteiger partial charge in [0.25, 0.3) is 0 Å². The molecule has 1 atom stereocenters. The third kappa shape index (κ3) is 3.60. The van der Waals surface area contributed by atoms with Crippen LogP contribution in [-0.2, 0) is 0 Å². The third-order valence-electron chi connectivity index (χ3n) is 3.83. The first-order valence-corrected chi connectivity index (χ1v) is 7.68. The van der Waals surface area contributed by atoms with E-state index < -0.39 is 5.92 Å². The van der Waals surface area contributed by atoms with Gasteiger partial charge in [-0.05, 0) is 23.8 Å². The Morgan fingerprint density at radius 3 is 2.08 bits per heavy atom. The minimum Gasteiger partial charge on any atom is -0.294 e. The molecule has 0 aliphatic rings. The maximum absolute atomic E-state index is 12.9. The van der Waals surface area contributed by atoms with Crippen LogP contribution in [0.3, 0.4) is 0 Å². The van der Waals surface area contributed by atoms with Crippen molar-refractivity contribution in [1.82, 2.24) is 9.97 Å². The van der Waals surface area contributed by atoms with E-state index in [1.165, 1.54) is 6.20 Å². The number of pyridine rings is 2. The minimum absolute atomic E-state index is 0.0826. The van der Waals surface area contributed by atoms with Crippen molar-refractivity contribution >= 4 is 11.6 Å². The van der Waals surface area contributed by atoms with Crippen molar-refractivity contribution in [2.45, 2.75) is 12.3 Å². The number of rotatable bonds is 6. The lowest BCUT2D eigenvalue weighted by Crippen LogP contribution is -2.17. The molecule has 0 amide bonds. The van der Waals surface area contributed by atoms with Crippen molar-refractivity contribution < 1.29 is 9.59 Å². The van der Waals surface area contributed by atoms with Gasteiger partial charge in [0.05, 0.1) is 5.92 Å². The summed E-state index contributed by atoms with van der Waals surface area (Å²) in [5.74, 6) is -0.754. The average Bonchev–Trinajstić information content (AvgIpc) is 2.67. The van der Waals surface area contributed by atoms with Crippen molar-refractivity contribution in [3.8, 4) is 0 Å². The second-order valence-corrected chi connectivity index (χ2v) is 5.44. The molecule has 0 saturated heterocycles. The van der Waals surface area contributed by atoms with Crippen LogP contribution in [0.15, 0.2) is 79.4 Å². The number of benzene rings is 1. The number of hydrogen-bond donors (Lipinski definition) is 0. The van der Waals surface area contributed by atoms with Gasteiger partial charge in [-0.25, -0.2) is 0 Å². The summed E-state index contributed by atoms with van der Waals surface area (Å²) in [5, 5.41) is 0. The highest BCUT2D eigenvalue weighted by molar-refractivity contribution is 6.06. The van der Waals surface area contributed by atoms with Gasteiger partial charge in [-0.1, -0.05) is 36.4 Å². The number of carbonyl (C=O) groups excluding carboxylic acids is 2. The fourth-order valence-electron chi connectivity index (χ4n) is 2.58. The molecule has 0 aliphatic heterocycles. The molecule has 0 N–H and O–H groups in total. The molecule has 118 valence electrons. The highest BCUT2D eigenvalue weighted by Crippen LogP contribution is 2.25. The quantitative estimate of drug-likeness (QED) is 0.650. The van der Waals surface area contributed by atoms with Crippen LogP contribution >= 0.6 is 0 Å². The van der Waals surface area contributed by atoms with E-state index in [9.17, 15) is 9.59 Å². The zero-order valence-electron chi connectivity index (χ0n) is 13.0. The summed E-state index contributed by atoms with van der Waals surface area (Å²) in [5.41, 5.74) is 1.83. The molecule has 2 heterocycles. The van der Waals surface area contributed by atoms with Gasteiger partial charge in [0.2, 0.25) is 0 Å². The Hall–Kier alpha value is -3.14. The molecule has 24 heavy (non-hydrogen) atoms. The van der Waals surface area contributed by atoms with E-state index in [-0.39, 0.29) is 18.0 Å². The molecule has 3 rings (SSSR count). The van der Waals surface area contributed by atoms with Gasteiger partial charge in [-0.3, -0.25) is 19.6 Å². The smallest absolute Gasteiger partial charge is 0.170 e. The predicted octanol–water partition coefficient (Wildman–Crippen LogP) is 3.72. The molecule has 0 radical (unpaired) electrons. The summed E-state index contributed by atoms with van der Waals surface area (Å²) in [6.07, 6.45) is 6.52. The summed E-state index contributed by atoms with van der Waals surface area (Å²) in [7, 11) is 0. The molecule has 0 saturated carbocycles. The first kappa shape index (κ1) is 15.7. The topological polar surface area (TPSA) is 59.9 Å². The molecule has 0 aliphatic carbocycles. The number of Topliss-reactive ketones (excluding diaryl/α,β-unsaturated/α-hetero) is 2. The Balaban J connectivity index is 1.91. The van der Waals surface area contributed by atoms with Crippen LogP contribution in [0.25, 0.3) is 0 Å². The van der Waals surface area contributed by atoms with E-state index in [1.54, 1.807) is 48.9 Å². The number of carbonyl (C=O) groups is 2. The fraction of sp³-hybridized carbons (Fsp3) is 0.100. The summed E-state index contributed by atoms with van der Waals surface area (Å²) in [6.45, 7) is 0. The molecule has 0 bridgehead atoms. The van der Waals surface area contributed by atoms with Crippen molar-refractivity contribution in [2.75, 3.05) is 0 Å². The van der Waals surface area contributed by atoms with Gasteiger partial charge in [0, 0.05) is 42.3 Å². The Morgan fingerprint density at radius 1 is 0.792 bits per heavy atom. The van der Waals surface area contributed by atoms with Crippen molar-refractivity contribution in [2.24, 2.45) is 0 Å². The van der Waals surface area contributed by atoms with Gasteiger partial charge < -0.3 is 0 Å². The van der Waals surface area contributed by atoms with E-state index in [4.69, 9.17) is 0 Å². The van der Waals surface area contributed by atoms with Gasteiger partial charge in [-0.15, -0.1) is 0 Å². The lowest BCUT2D eigenvalue weighted by Gasteiger charge is -2.15. The van der Waals surface area contributed by atoms with E-state index in [2.05, 4.69) is 9.97 Å². The monoisotopic (exact) mass is 316 g/mol. The molecule has 4 heteroatoms. The molecular formula is C20H16N2O2. The lowest BCUT2D eigenvalue weighted by atomic mass is 9.86. The van der Waals surface area contributed by atoms with Crippen molar-refractivity contribution in [3.63, 3.8) is 0 Å². The fourth-order valence-corrected chi connectivity index (χ4v) is 2.58. The molecule has 0 fully saturated rings. The van der Waals surface area contributed by atoms with E-state index in [0.717, 1.165) is 5.56 Å². The standard InChI is InChI=1S/C20H16N2O2/c23-19(17-9-5-11-22-14-17)12-18(16-8-4-10-21-13-16)20(24)15-6-2-1-3-7-15/h1-11,13-14,18H,12H2. The summed E-state index contributed by atoms with van der Waals surface area (Å²) in [6, 6.07) is 16.0. The van der Waals surface area contributed by atoms with Crippen LogP contribution in [0.5, 0.6) is 0 Å². The Morgan fingerprint density at radius 2 is 1.46 bits per heavy atom. The molecule has 4 nitrogen and oxygen atoms in total. The maximum atomic E-state index is 12.9. The third-order valence-corrected chi connectivity index (χ3v) is 3.83. The van der Waals surface area contributed by atoms with Gasteiger partial charge in [-0.2, -0.15) is 0 Å².